The molecule has 1 aromatic carbocycles. The quantitative estimate of drug-likeness (QED) is 0.683. The summed E-state index contributed by atoms with van der Waals surface area (Å²) in [5, 5.41) is 17.7. The fraction of sp³-hybridized carbons (Fsp3) is 0.125. The lowest BCUT2D eigenvalue weighted by molar-refractivity contribution is -0.146. The third kappa shape index (κ3) is 2.19. The summed E-state index contributed by atoms with van der Waals surface area (Å²) in [7, 11) is 0. The molecule has 0 fully saturated rings. The van der Waals surface area contributed by atoms with Crippen LogP contribution in [0.1, 0.15) is 11.7 Å². The van der Waals surface area contributed by atoms with Crippen molar-refractivity contribution in [3.8, 4) is 0 Å². The minimum Gasteiger partial charge on any atom is -0.479 e. The van der Waals surface area contributed by atoms with Gasteiger partial charge in [-0.15, -0.1) is 0 Å². The molecule has 1 atom stereocenters. The molecule has 0 radical (unpaired) electrons. The highest BCUT2D eigenvalue weighted by Gasteiger charge is 2.18. The number of hydrogen-bond acceptors (Lipinski definition) is 3. The molecular formula is C8H8BrNO3. The molecule has 0 saturated heterocycles. The first kappa shape index (κ1) is 10.0. The molecule has 0 amide bonds. The van der Waals surface area contributed by atoms with Crippen molar-refractivity contribution >= 4 is 27.6 Å². The van der Waals surface area contributed by atoms with E-state index in [0.29, 0.717) is 0 Å². The summed E-state index contributed by atoms with van der Waals surface area (Å²) in [6.45, 7) is 0. The first-order valence-electron chi connectivity index (χ1n) is 3.48. The van der Waals surface area contributed by atoms with Crippen LogP contribution in [0.15, 0.2) is 22.7 Å². The number of aliphatic hydroxyl groups is 1. The minimum absolute atomic E-state index is 0.204. The van der Waals surface area contributed by atoms with Crippen molar-refractivity contribution in [2.75, 3.05) is 5.73 Å². The molecule has 0 aromatic heterocycles. The number of rotatable bonds is 2. The molecule has 1 unspecified atom stereocenters. The zero-order valence-corrected chi connectivity index (χ0v) is 8.15. The molecule has 0 saturated carbocycles. The number of nitrogen functional groups attached to an aromatic ring is 1. The highest BCUT2D eigenvalue weighted by molar-refractivity contribution is 9.10. The normalized spacial score (nSPS) is 12.5. The van der Waals surface area contributed by atoms with Crippen molar-refractivity contribution in [2.24, 2.45) is 0 Å². The van der Waals surface area contributed by atoms with Crippen LogP contribution in [0.25, 0.3) is 0 Å². The van der Waals surface area contributed by atoms with E-state index in [-0.39, 0.29) is 11.3 Å². The lowest BCUT2D eigenvalue weighted by Gasteiger charge is -2.08. The third-order valence-electron chi connectivity index (χ3n) is 1.58. The number of hydrogen-bond donors (Lipinski definition) is 3. The monoisotopic (exact) mass is 245 g/mol. The SMILES string of the molecule is Nc1cc(Br)ccc1C(O)C(=O)O. The molecule has 0 aliphatic carbocycles. The van der Waals surface area contributed by atoms with Crippen LogP contribution >= 0.6 is 15.9 Å². The lowest BCUT2D eigenvalue weighted by atomic mass is 10.1. The van der Waals surface area contributed by atoms with Gasteiger partial charge in [0, 0.05) is 15.7 Å². The summed E-state index contributed by atoms with van der Waals surface area (Å²) in [4.78, 5) is 10.4. The van der Waals surface area contributed by atoms with Crippen LogP contribution < -0.4 is 5.73 Å². The Hall–Kier alpha value is -1.07. The smallest absolute Gasteiger partial charge is 0.337 e. The Labute approximate surface area is 83.1 Å². The Kier molecular flexibility index (Phi) is 2.90. The predicted molar refractivity (Wildman–Crippen MR) is 51.2 cm³/mol. The molecule has 4 N–H and O–H groups in total. The zero-order valence-electron chi connectivity index (χ0n) is 6.57. The van der Waals surface area contributed by atoms with Gasteiger partial charge in [-0.1, -0.05) is 22.0 Å². The molecular weight excluding hydrogens is 238 g/mol. The number of aliphatic hydroxyl groups excluding tert-OH is 1. The maximum absolute atomic E-state index is 10.4. The van der Waals surface area contributed by atoms with Gasteiger partial charge < -0.3 is 15.9 Å². The second kappa shape index (κ2) is 3.76. The molecule has 0 aliphatic rings. The van der Waals surface area contributed by atoms with Crippen molar-refractivity contribution in [3.63, 3.8) is 0 Å². The number of halogens is 1. The van der Waals surface area contributed by atoms with Gasteiger partial charge in [-0.25, -0.2) is 4.79 Å². The van der Waals surface area contributed by atoms with Gasteiger partial charge in [0.1, 0.15) is 0 Å². The molecule has 0 bridgehead atoms. The van der Waals surface area contributed by atoms with Crippen LogP contribution in [0, 0.1) is 0 Å². The Morgan fingerprint density at radius 3 is 2.62 bits per heavy atom. The first-order valence-corrected chi connectivity index (χ1v) is 4.27. The fourth-order valence-electron chi connectivity index (χ4n) is 0.928. The van der Waals surface area contributed by atoms with Crippen LogP contribution in [0.5, 0.6) is 0 Å². The Morgan fingerprint density at radius 2 is 2.15 bits per heavy atom. The highest BCUT2D eigenvalue weighted by Crippen LogP contribution is 2.24. The topological polar surface area (TPSA) is 83.5 Å². The number of benzene rings is 1. The van der Waals surface area contributed by atoms with E-state index in [4.69, 9.17) is 10.8 Å². The van der Waals surface area contributed by atoms with Gasteiger partial charge in [0.25, 0.3) is 0 Å². The van der Waals surface area contributed by atoms with E-state index >= 15 is 0 Å². The average Bonchev–Trinajstić information content (AvgIpc) is 2.03. The fourth-order valence-corrected chi connectivity index (χ4v) is 1.31. The summed E-state index contributed by atoms with van der Waals surface area (Å²) in [6, 6.07) is 4.64. The number of carboxylic acid groups (broad SMARTS) is 1. The second-order valence-corrected chi connectivity index (χ2v) is 3.43. The van der Waals surface area contributed by atoms with Gasteiger partial charge in [-0.05, 0) is 12.1 Å². The number of carboxylic acids is 1. The van der Waals surface area contributed by atoms with Crippen molar-refractivity contribution in [1.82, 2.24) is 0 Å². The van der Waals surface area contributed by atoms with Crippen molar-refractivity contribution < 1.29 is 15.0 Å². The van der Waals surface area contributed by atoms with E-state index < -0.39 is 12.1 Å². The molecule has 0 aliphatic heterocycles. The van der Waals surface area contributed by atoms with Gasteiger partial charge in [0.05, 0.1) is 0 Å². The number of carbonyl (C=O) groups is 1. The van der Waals surface area contributed by atoms with E-state index in [1.165, 1.54) is 6.07 Å². The van der Waals surface area contributed by atoms with Crippen LogP contribution in [0.2, 0.25) is 0 Å². The van der Waals surface area contributed by atoms with Gasteiger partial charge in [-0.2, -0.15) is 0 Å². The predicted octanol–water partition coefficient (Wildman–Crippen LogP) is 1.15. The van der Waals surface area contributed by atoms with Crippen LogP contribution in [0.3, 0.4) is 0 Å². The summed E-state index contributed by atoms with van der Waals surface area (Å²) in [6.07, 6.45) is -1.56. The summed E-state index contributed by atoms with van der Waals surface area (Å²) in [5.74, 6) is -1.31. The van der Waals surface area contributed by atoms with E-state index in [0.717, 1.165) is 4.47 Å². The van der Waals surface area contributed by atoms with Gasteiger partial charge >= 0.3 is 5.97 Å². The van der Waals surface area contributed by atoms with Crippen LogP contribution in [0.4, 0.5) is 5.69 Å². The van der Waals surface area contributed by atoms with E-state index in [2.05, 4.69) is 15.9 Å². The Balaban J connectivity index is 3.08. The average molecular weight is 246 g/mol. The van der Waals surface area contributed by atoms with Gasteiger partial charge in [0.15, 0.2) is 6.10 Å². The largest absolute Gasteiger partial charge is 0.479 e. The third-order valence-corrected chi connectivity index (χ3v) is 2.07. The molecule has 4 nitrogen and oxygen atoms in total. The van der Waals surface area contributed by atoms with Crippen molar-refractivity contribution in [2.45, 2.75) is 6.10 Å². The Morgan fingerprint density at radius 1 is 1.54 bits per heavy atom. The van der Waals surface area contributed by atoms with Gasteiger partial charge in [0.2, 0.25) is 0 Å². The molecule has 13 heavy (non-hydrogen) atoms. The molecule has 0 spiro atoms. The Bertz CT molecular complexity index is 340. The molecule has 0 heterocycles. The number of aliphatic carboxylic acids is 1. The maximum atomic E-state index is 10.4. The van der Waals surface area contributed by atoms with Crippen LogP contribution in [-0.4, -0.2) is 16.2 Å². The van der Waals surface area contributed by atoms with E-state index in [1.54, 1.807) is 12.1 Å². The van der Waals surface area contributed by atoms with Crippen molar-refractivity contribution in [3.05, 3.63) is 28.2 Å². The summed E-state index contributed by atoms with van der Waals surface area (Å²) in [5.41, 5.74) is 5.97. The van der Waals surface area contributed by atoms with Crippen LogP contribution in [-0.2, 0) is 4.79 Å². The number of nitrogens with two attached hydrogens (primary N) is 1. The van der Waals surface area contributed by atoms with E-state index in [9.17, 15) is 9.90 Å². The second-order valence-electron chi connectivity index (χ2n) is 2.51. The highest BCUT2D eigenvalue weighted by atomic mass is 79.9. The standard InChI is InChI=1S/C8H8BrNO3/c9-4-1-2-5(6(10)3-4)7(11)8(12)13/h1-3,7,11H,10H2,(H,12,13). The number of anilines is 1. The lowest BCUT2D eigenvalue weighted by Crippen LogP contribution is -2.12. The maximum Gasteiger partial charge on any atom is 0.337 e. The molecule has 1 rings (SSSR count). The molecule has 5 heteroatoms. The molecule has 1 aromatic rings. The van der Waals surface area contributed by atoms with Crippen molar-refractivity contribution in [1.29, 1.82) is 0 Å². The van der Waals surface area contributed by atoms with E-state index in [1.807, 2.05) is 0 Å². The summed E-state index contributed by atoms with van der Waals surface area (Å²) >= 11 is 3.17. The summed E-state index contributed by atoms with van der Waals surface area (Å²) < 4.78 is 0.742. The minimum atomic E-state index is -1.56. The molecule has 70 valence electrons. The van der Waals surface area contributed by atoms with Gasteiger partial charge in [-0.3, -0.25) is 0 Å². The first-order chi connectivity index (χ1) is 6.02. The zero-order chi connectivity index (χ0) is 10.0.